The third-order valence-electron chi connectivity index (χ3n) is 2.26. The van der Waals surface area contributed by atoms with E-state index in [-0.39, 0.29) is 11.7 Å². The Labute approximate surface area is 109 Å². The molecule has 0 radical (unpaired) electrons. The Morgan fingerprint density at radius 1 is 1.56 bits per heavy atom. The number of nitrogen functional groups attached to an aromatic ring is 1. The Morgan fingerprint density at radius 3 is 3.06 bits per heavy atom. The first-order valence-electron chi connectivity index (χ1n) is 5.33. The van der Waals surface area contributed by atoms with E-state index in [1.807, 2.05) is 13.0 Å². The Morgan fingerprint density at radius 2 is 2.39 bits per heavy atom. The Balaban J connectivity index is 1.91. The minimum atomic E-state index is -0.105. The number of amides is 1. The highest BCUT2D eigenvalue weighted by Crippen LogP contribution is 2.19. The number of nitrogens with zero attached hydrogens (tertiary/aromatic N) is 1. The minimum Gasteiger partial charge on any atom is -0.440 e. The summed E-state index contributed by atoms with van der Waals surface area (Å²) in [6.07, 6.45) is 3.02. The molecule has 0 saturated heterocycles. The molecule has 6 heteroatoms. The predicted octanol–water partition coefficient (Wildman–Crippen LogP) is 2.30. The lowest BCUT2D eigenvalue weighted by atomic mass is 10.2. The zero-order valence-electron chi connectivity index (χ0n) is 9.84. The summed E-state index contributed by atoms with van der Waals surface area (Å²) in [6, 6.07) is 5.36. The number of rotatable bonds is 4. The monoisotopic (exact) mass is 263 g/mol. The summed E-state index contributed by atoms with van der Waals surface area (Å²) < 4.78 is 5.03. The van der Waals surface area contributed by atoms with Crippen molar-refractivity contribution < 1.29 is 9.21 Å². The van der Waals surface area contributed by atoms with Crippen LogP contribution in [-0.2, 0) is 4.79 Å². The molecule has 0 fully saturated rings. The maximum absolute atomic E-state index is 11.7. The van der Waals surface area contributed by atoms with Crippen LogP contribution in [0.1, 0.15) is 5.56 Å². The molecule has 0 spiro atoms. The summed E-state index contributed by atoms with van der Waals surface area (Å²) in [6.45, 7) is 1.90. The van der Waals surface area contributed by atoms with E-state index in [0.29, 0.717) is 10.9 Å². The number of nitrogens with one attached hydrogen (secondary N) is 1. The van der Waals surface area contributed by atoms with Crippen molar-refractivity contribution in [1.29, 1.82) is 0 Å². The Bertz CT molecular complexity index is 540. The summed E-state index contributed by atoms with van der Waals surface area (Å²) >= 11 is 1.25. The first-order valence-corrected chi connectivity index (χ1v) is 6.32. The van der Waals surface area contributed by atoms with E-state index in [1.54, 1.807) is 18.3 Å². The summed E-state index contributed by atoms with van der Waals surface area (Å²) in [5, 5.41) is 3.30. The largest absolute Gasteiger partial charge is 0.440 e. The van der Waals surface area contributed by atoms with Gasteiger partial charge in [-0.3, -0.25) is 4.79 Å². The lowest BCUT2D eigenvalue weighted by molar-refractivity contribution is -0.113. The van der Waals surface area contributed by atoms with Gasteiger partial charge >= 0.3 is 0 Å². The molecular weight excluding hydrogens is 250 g/mol. The van der Waals surface area contributed by atoms with Crippen LogP contribution in [0.5, 0.6) is 0 Å². The van der Waals surface area contributed by atoms with Crippen molar-refractivity contribution in [2.24, 2.45) is 0 Å². The van der Waals surface area contributed by atoms with Gasteiger partial charge in [-0.2, -0.15) is 0 Å². The summed E-state index contributed by atoms with van der Waals surface area (Å²) in [5.41, 5.74) is 8.02. The molecule has 0 atom stereocenters. The van der Waals surface area contributed by atoms with Crippen molar-refractivity contribution in [1.82, 2.24) is 4.98 Å². The number of hydrogen-bond donors (Lipinski definition) is 2. The van der Waals surface area contributed by atoms with Gasteiger partial charge in [0, 0.05) is 11.4 Å². The average Bonchev–Trinajstić information content (AvgIpc) is 2.83. The lowest BCUT2D eigenvalue weighted by Gasteiger charge is -2.08. The zero-order valence-corrected chi connectivity index (χ0v) is 10.7. The van der Waals surface area contributed by atoms with Crippen molar-refractivity contribution in [3.05, 3.63) is 36.2 Å². The van der Waals surface area contributed by atoms with Gasteiger partial charge in [-0.05, 0) is 30.7 Å². The number of aryl methyl sites for hydroxylation is 1. The van der Waals surface area contributed by atoms with Gasteiger partial charge in [0.2, 0.25) is 5.91 Å². The van der Waals surface area contributed by atoms with Gasteiger partial charge in [0.1, 0.15) is 6.26 Å². The number of nitrogens with two attached hydrogens (primary N) is 1. The molecule has 0 aliphatic rings. The molecule has 1 amide bonds. The van der Waals surface area contributed by atoms with Gasteiger partial charge in [-0.25, -0.2) is 4.98 Å². The molecule has 18 heavy (non-hydrogen) atoms. The van der Waals surface area contributed by atoms with E-state index in [9.17, 15) is 4.79 Å². The molecule has 0 saturated carbocycles. The zero-order chi connectivity index (χ0) is 13.0. The van der Waals surface area contributed by atoms with Crippen LogP contribution in [0.15, 0.2) is 40.3 Å². The van der Waals surface area contributed by atoms with Crippen LogP contribution in [0.4, 0.5) is 11.4 Å². The standard InChI is InChI=1S/C12H13N3O2S/c1-8-6-9(13)2-3-10(8)15-11(16)7-18-12-14-4-5-17-12/h2-6H,7,13H2,1H3,(H,15,16). The Kier molecular flexibility index (Phi) is 3.88. The van der Waals surface area contributed by atoms with Gasteiger partial charge in [0.05, 0.1) is 11.9 Å². The maximum Gasteiger partial charge on any atom is 0.256 e. The van der Waals surface area contributed by atoms with Crippen molar-refractivity contribution in [3.8, 4) is 0 Å². The number of oxazole rings is 1. The number of hydrogen-bond acceptors (Lipinski definition) is 5. The molecule has 1 aromatic carbocycles. The highest BCUT2D eigenvalue weighted by molar-refractivity contribution is 7.99. The molecule has 0 unspecified atom stereocenters. The summed E-state index contributed by atoms with van der Waals surface area (Å²) in [7, 11) is 0. The normalized spacial score (nSPS) is 10.3. The first kappa shape index (κ1) is 12.5. The van der Waals surface area contributed by atoms with Gasteiger partial charge in [-0.1, -0.05) is 11.8 Å². The molecule has 0 bridgehead atoms. The SMILES string of the molecule is Cc1cc(N)ccc1NC(=O)CSc1ncco1. The second-order valence-corrected chi connectivity index (χ2v) is 4.64. The number of carbonyl (C=O) groups is 1. The fourth-order valence-corrected chi connectivity index (χ4v) is 2.01. The van der Waals surface area contributed by atoms with Crippen LogP contribution in [0, 0.1) is 6.92 Å². The van der Waals surface area contributed by atoms with Crippen LogP contribution in [0.3, 0.4) is 0 Å². The molecule has 2 rings (SSSR count). The van der Waals surface area contributed by atoms with Crippen molar-refractivity contribution in [3.63, 3.8) is 0 Å². The molecule has 1 heterocycles. The second-order valence-electron chi connectivity index (χ2n) is 3.71. The highest BCUT2D eigenvalue weighted by Gasteiger charge is 2.07. The smallest absolute Gasteiger partial charge is 0.256 e. The fraction of sp³-hybridized carbons (Fsp3) is 0.167. The molecule has 0 aliphatic carbocycles. The van der Waals surface area contributed by atoms with E-state index in [2.05, 4.69) is 10.3 Å². The van der Waals surface area contributed by atoms with Crippen LogP contribution < -0.4 is 11.1 Å². The van der Waals surface area contributed by atoms with Crippen LogP contribution >= 0.6 is 11.8 Å². The van der Waals surface area contributed by atoms with Crippen LogP contribution in [0.25, 0.3) is 0 Å². The quantitative estimate of drug-likeness (QED) is 0.653. The number of carbonyl (C=O) groups excluding carboxylic acids is 1. The second kappa shape index (κ2) is 5.59. The van der Waals surface area contributed by atoms with Gasteiger partial charge in [0.15, 0.2) is 0 Å². The third-order valence-corrected chi connectivity index (χ3v) is 3.12. The lowest BCUT2D eigenvalue weighted by Crippen LogP contribution is -2.14. The summed E-state index contributed by atoms with van der Waals surface area (Å²) in [4.78, 5) is 15.6. The fourth-order valence-electron chi connectivity index (χ4n) is 1.42. The molecule has 1 aromatic heterocycles. The molecule has 94 valence electrons. The number of aromatic nitrogens is 1. The van der Waals surface area contributed by atoms with E-state index in [0.717, 1.165) is 11.3 Å². The molecule has 0 aliphatic heterocycles. The number of anilines is 2. The van der Waals surface area contributed by atoms with Gasteiger partial charge in [0.25, 0.3) is 5.22 Å². The first-order chi connectivity index (χ1) is 8.65. The molecular formula is C12H13N3O2S. The van der Waals surface area contributed by atoms with Crippen LogP contribution in [-0.4, -0.2) is 16.6 Å². The van der Waals surface area contributed by atoms with E-state index in [4.69, 9.17) is 10.2 Å². The maximum atomic E-state index is 11.7. The van der Waals surface area contributed by atoms with Crippen LogP contribution in [0.2, 0.25) is 0 Å². The van der Waals surface area contributed by atoms with E-state index in [1.165, 1.54) is 18.0 Å². The number of benzene rings is 1. The van der Waals surface area contributed by atoms with Crippen molar-refractivity contribution in [2.75, 3.05) is 16.8 Å². The van der Waals surface area contributed by atoms with Crippen molar-refractivity contribution >= 4 is 29.0 Å². The van der Waals surface area contributed by atoms with Crippen molar-refractivity contribution in [2.45, 2.75) is 12.1 Å². The number of thioether (sulfide) groups is 1. The van der Waals surface area contributed by atoms with Gasteiger partial charge < -0.3 is 15.5 Å². The topological polar surface area (TPSA) is 81.1 Å². The summed E-state index contributed by atoms with van der Waals surface area (Å²) in [5.74, 6) is 0.149. The predicted molar refractivity (Wildman–Crippen MR) is 71.4 cm³/mol. The third kappa shape index (κ3) is 3.27. The van der Waals surface area contributed by atoms with Gasteiger partial charge in [-0.15, -0.1) is 0 Å². The minimum absolute atomic E-state index is 0.105. The average molecular weight is 263 g/mol. The highest BCUT2D eigenvalue weighted by atomic mass is 32.2. The molecule has 5 nitrogen and oxygen atoms in total. The molecule has 3 N–H and O–H groups in total. The Hall–Kier alpha value is -1.95. The molecule has 2 aromatic rings. The van der Waals surface area contributed by atoms with E-state index >= 15 is 0 Å². The van der Waals surface area contributed by atoms with E-state index < -0.39 is 0 Å².